The number of hydrogen-bond acceptors (Lipinski definition) is 3. The van der Waals surface area contributed by atoms with Gasteiger partial charge in [-0.25, -0.2) is 0 Å². The van der Waals surface area contributed by atoms with E-state index >= 15 is 0 Å². The van der Waals surface area contributed by atoms with Crippen LogP contribution in [0.4, 0.5) is 0 Å². The molecule has 1 aliphatic rings. The van der Waals surface area contributed by atoms with E-state index in [0.717, 1.165) is 45.1 Å². The molecule has 0 N–H and O–H groups in total. The van der Waals surface area contributed by atoms with Crippen molar-refractivity contribution in [3.05, 3.63) is 0 Å². The summed E-state index contributed by atoms with van der Waals surface area (Å²) in [6.45, 7) is 9.74. The summed E-state index contributed by atoms with van der Waals surface area (Å²) in [7, 11) is 0. The molecule has 0 radical (unpaired) electrons. The minimum absolute atomic E-state index is 0.00842. The van der Waals surface area contributed by atoms with E-state index < -0.39 is 0 Å². The average molecular weight is 298 g/mol. The highest BCUT2D eigenvalue weighted by Crippen LogP contribution is 2.45. The van der Waals surface area contributed by atoms with Crippen molar-refractivity contribution in [1.82, 2.24) is 0 Å². The zero-order valence-corrected chi connectivity index (χ0v) is 14.5. The summed E-state index contributed by atoms with van der Waals surface area (Å²) in [6, 6.07) is 0. The van der Waals surface area contributed by atoms with Crippen LogP contribution in [0.5, 0.6) is 0 Å². The van der Waals surface area contributed by atoms with Crippen molar-refractivity contribution >= 4 is 5.97 Å². The van der Waals surface area contributed by atoms with E-state index in [1.807, 2.05) is 0 Å². The molecule has 0 spiro atoms. The van der Waals surface area contributed by atoms with Crippen LogP contribution in [0.1, 0.15) is 79.1 Å². The molecule has 2 unspecified atom stereocenters. The number of unbranched alkanes of at least 4 members (excludes halogenated alkanes) is 2. The number of carbonyl (C=O) groups is 1. The van der Waals surface area contributed by atoms with Gasteiger partial charge in [0.1, 0.15) is 0 Å². The van der Waals surface area contributed by atoms with Crippen LogP contribution in [-0.4, -0.2) is 25.3 Å². The van der Waals surface area contributed by atoms with Crippen molar-refractivity contribution in [2.75, 3.05) is 13.2 Å². The smallest absolute Gasteiger partial charge is 0.314 e. The molecular formula is C18H34O3. The van der Waals surface area contributed by atoms with Crippen LogP contribution in [0.15, 0.2) is 0 Å². The molecule has 0 aromatic rings. The number of ether oxygens (including phenoxy) is 2. The van der Waals surface area contributed by atoms with Crippen LogP contribution in [-0.2, 0) is 14.3 Å². The zero-order valence-electron chi connectivity index (χ0n) is 14.5. The molecule has 1 aliphatic carbocycles. The first kappa shape index (κ1) is 18.5. The SMILES string of the molecule is CCCCCC1(C(=O)OCC(C)C)CCCC1OCCC. The molecule has 0 bridgehead atoms. The van der Waals surface area contributed by atoms with Gasteiger partial charge in [0.05, 0.1) is 18.1 Å². The van der Waals surface area contributed by atoms with Crippen LogP contribution in [0.3, 0.4) is 0 Å². The van der Waals surface area contributed by atoms with Gasteiger partial charge in [-0.2, -0.15) is 0 Å². The fourth-order valence-electron chi connectivity index (χ4n) is 3.24. The lowest BCUT2D eigenvalue weighted by Crippen LogP contribution is -2.42. The fourth-order valence-corrected chi connectivity index (χ4v) is 3.24. The summed E-state index contributed by atoms with van der Waals surface area (Å²) < 4.78 is 11.6. The molecule has 0 aromatic heterocycles. The van der Waals surface area contributed by atoms with Gasteiger partial charge < -0.3 is 9.47 Å². The van der Waals surface area contributed by atoms with E-state index in [2.05, 4.69) is 27.7 Å². The Labute approximate surface area is 130 Å². The highest BCUT2D eigenvalue weighted by molar-refractivity contribution is 5.78. The minimum Gasteiger partial charge on any atom is -0.465 e. The molecule has 21 heavy (non-hydrogen) atoms. The average Bonchev–Trinajstić information content (AvgIpc) is 2.87. The lowest BCUT2D eigenvalue weighted by molar-refractivity contribution is -0.166. The number of esters is 1. The Morgan fingerprint density at radius 2 is 2.00 bits per heavy atom. The van der Waals surface area contributed by atoms with E-state index in [9.17, 15) is 4.79 Å². The van der Waals surface area contributed by atoms with Crippen LogP contribution < -0.4 is 0 Å². The van der Waals surface area contributed by atoms with Crippen molar-refractivity contribution in [2.24, 2.45) is 11.3 Å². The normalized spacial score (nSPS) is 25.5. The quantitative estimate of drug-likeness (QED) is 0.432. The second-order valence-electron chi connectivity index (χ2n) is 6.86. The number of hydrogen-bond donors (Lipinski definition) is 0. The van der Waals surface area contributed by atoms with E-state index in [0.29, 0.717) is 12.5 Å². The third kappa shape index (κ3) is 5.28. The lowest BCUT2D eigenvalue weighted by Gasteiger charge is -2.33. The van der Waals surface area contributed by atoms with Gasteiger partial charge in [0, 0.05) is 6.61 Å². The Hall–Kier alpha value is -0.570. The largest absolute Gasteiger partial charge is 0.465 e. The maximum absolute atomic E-state index is 12.7. The highest BCUT2D eigenvalue weighted by atomic mass is 16.5. The number of rotatable bonds is 10. The molecule has 124 valence electrons. The summed E-state index contributed by atoms with van der Waals surface area (Å²) in [5, 5.41) is 0. The van der Waals surface area contributed by atoms with Crippen molar-refractivity contribution in [1.29, 1.82) is 0 Å². The Balaban J connectivity index is 2.74. The first-order chi connectivity index (χ1) is 10.1. The second kappa shape index (κ2) is 9.45. The molecule has 0 heterocycles. The van der Waals surface area contributed by atoms with E-state index in [-0.39, 0.29) is 17.5 Å². The summed E-state index contributed by atoms with van der Waals surface area (Å²) >= 11 is 0. The number of carbonyl (C=O) groups excluding carboxylic acids is 1. The molecule has 2 atom stereocenters. The standard InChI is InChI=1S/C18H34O3/c1-5-7-8-11-18(17(19)21-14-15(3)4)12-9-10-16(18)20-13-6-2/h15-16H,5-14H2,1-4H3. The minimum atomic E-state index is -0.376. The van der Waals surface area contributed by atoms with Gasteiger partial charge in [0.25, 0.3) is 0 Å². The van der Waals surface area contributed by atoms with Gasteiger partial charge in [-0.05, 0) is 38.0 Å². The monoisotopic (exact) mass is 298 g/mol. The first-order valence-corrected chi connectivity index (χ1v) is 8.85. The lowest BCUT2D eigenvalue weighted by atomic mass is 9.79. The Morgan fingerprint density at radius 1 is 1.24 bits per heavy atom. The first-order valence-electron chi connectivity index (χ1n) is 8.85. The van der Waals surface area contributed by atoms with E-state index in [1.54, 1.807) is 0 Å². The van der Waals surface area contributed by atoms with Crippen LogP contribution >= 0.6 is 0 Å². The van der Waals surface area contributed by atoms with E-state index in [1.165, 1.54) is 12.8 Å². The Kier molecular flexibility index (Phi) is 8.31. The topological polar surface area (TPSA) is 35.5 Å². The van der Waals surface area contributed by atoms with Gasteiger partial charge in [0.15, 0.2) is 0 Å². The maximum Gasteiger partial charge on any atom is 0.314 e. The summed E-state index contributed by atoms with van der Waals surface area (Å²) in [5.41, 5.74) is -0.376. The van der Waals surface area contributed by atoms with Crippen LogP contribution in [0.25, 0.3) is 0 Å². The molecule has 0 saturated heterocycles. The second-order valence-corrected chi connectivity index (χ2v) is 6.86. The summed E-state index contributed by atoms with van der Waals surface area (Å²) in [6.07, 6.45) is 8.46. The molecule has 0 amide bonds. The van der Waals surface area contributed by atoms with Crippen LogP contribution in [0, 0.1) is 11.3 Å². The molecule has 1 rings (SSSR count). The molecular weight excluding hydrogens is 264 g/mol. The van der Waals surface area contributed by atoms with Gasteiger partial charge >= 0.3 is 5.97 Å². The molecule has 1 saturated carbocycles. The third-order valence-corrected chi connectivity index (χ3v) is 4.41. The van der Waals surface area contributed by atoms with Gasteiger partial charge in [-0.1, -0.05) is 47.0 Å². The van der Waals surface area contributed by atoms with Crippen molar-refractivity contribution < 1.29 is 14.3 Å². The maximum atomic E-state index is 12.7. The predicted molar refractivity (Wildman–Crippen MR) is 86.3 cm³/mol. The van der Waals surface area contributed by atoms with Crippen LogP contribution in [0.2, 0.25) is 0 Å². The van der Waals surface area contributed by atoms with Crippen molar-refractivity contribution in [2.45, 2.75) is 85.2 Å². The highest BCUT2D eigenvalue weighted by Gasteiger charge is 2.50. The fraction of sp³-hybridized carbons (Fsp3) is 0.944. The summed E-state index contributed by atoms with van der Waals surface area (Å²) in [5.74, 6) is 0.379. The molecule has 1 fully saturated rings. The molecule has 0 aromatic carbocycles. The third-order valence-electron chi connectivity index (χ3n) is 4.41. The van der Waals surface area contributed by atoms with E-state index in [4.69, 9.17) is 9.47 Å². The molecule has 3 heteroatoms. The Bertz CT molecular complexity index is 301. The van der Waals surface area contributed by atoms with Crippen molar-refractivity contribution in [3.63, 3.8) is 0 Å². The zero-order chi connectivity index (χ0) is 15.7. The summed E-state index contributed by atoms with van der Waals surface area (Å²) in [4.78, 5) is 12.7. The Morgan fingerprint density at radius 3 is 2.62 bits per heavy atom. The molecule has 3 nitrogen and oxygen atoms in total. The van der Waals surface area contributed by atoms with Crippen molar-refractivity contribution in [3.8, 4) is 0 Å². The molecule has 0 aliphatic heterocycles. The van der Waals surface area contributed by atoms with Gasteiger partial charge in [-0.3, -0.25) is 4.79 Å². The predicted octanol–water partition coefficient (Wildman–Crippen LogP) is 4.73. The van der Waals surface area contributed by atoms with Gasteiger partial charge in [0.2, 0.25) is 0 Å². The van der Waals surface area contributed by atoms with Gasteiger partial charge in [-0.15, -0.1) is 0 Å².